The molecule has 3 aromatic rings. The number of thiophene rings is 1. The van der Waals surface area contributed by atoms with Crippen LogP contribution in [0.15, 0.2) is 47.6 Å². The van der Waals surface area contributed by atoms with Gasteiger partial charge >= 0.3 is 0 Å². The molecule has 0 radical (unpaired) electrons. The second kappa shape index (κ2) is 7.24. The molecule has 10 heteroatoms. The van der Waals surface area contributed by atoms with E-state index in [0.717, 1.165) is 4.88 Å². The highest BCUT2D eigenvalue weighted by molar-refractivity contribution is 7.19. The fourth-order valence-electron chi connectivity index (χ4n) is 1.93. The smallest absolute Gasteiger partial charge is 0.276 e. The van der Waals surface area contributed by atoms with Crippen molar-refractivity contribution in [2.24, 2.45) is 5.10 Å². The molecule has 0 unspecified atom stereocenters. The van der Waals surface area contributed by atoms with Gasteiger partial charge in [0.05, 0.1) is 26.0 Å². The van der Waals surface area contributed by atoms with Crippen LogP contribution in [0.2, 0.25) is 4.34 Å². The van der Waals surface area contributed by atoms with Gasteiger partial charge < -0.3 is 0 Å². The summed E-state index contributed by atoms with van der Waals surface area (Å²) in [6.45, 7) is 0. The predicted molar refractivity (Wildman–Crippen MR) is 95.1 cm³/mol. The Morgan fingerprint density at radius 3 is 2.72 bits per heavy atom. The minimum absolute atomic E-state index is 0.0149. The topological polar surface area (TPSA) is 113 Å². The van der Waals surface area contributed by atoms with Gasteiger partial charge in [-0.1, -0.05) is 11.6 Å². The molecule has 25 heavy (non-hydrogen) atoms. The maximum atomic E-state index is 12.0. The third-order valence-corrected chi connectivity index (χ3v) is 4.40. The lowest BCUT2D eigenvalue weighted by atomic mass is 10.2. The lowest BCUT2D eigenvalue weighted by Crippen LogP contribution is -2.17. The first-order chi connectivity index (χ1) is 12.0. The molecule has 0 spiro atoms. The Labute approximate surface area is 150 Å². The number of non-ortho nitro benzene ring substituents is 1. The van der Waals surface area contributed by atoms with E-state index in [1.54, 1.807) is 12.1 Å². The zero-order valence-electron chi connectivity index (χ0n) is 12.5. The van der Waals surface area contributed by atoms with E-state index in [1.807, 2.05) is 6.07 Å². The summed E-state index contributed by atoms with van der Waals surface area (Å²) in [4.78, 5) is 23.0. The number of amides is 1. The molecule has 2 heterocycles. The van der Waals surface area contributed by atoms with E-state index in [0.29, 0.717) is 15.6 Å². The van der Waals surface area contributed by atoms with Gasteiger partial charge in [0.15, 0.2) is 5.69 Å². The van der Waals surface area contributed by atoms with Gasteiger partial charge in [0.1, 0.15) is 0 Å². The van der Waals surface area contributed by atoms with Crippen molar-refractivity contribution in [3.8, 4) is 10.6 Å². The number of aromatic nitrogens is 2. The van der Waals surface area contributed by atoms with Crippen LogP contribution in [0.1, 0.15) is 16.1 Å². The van der Waals surface area contributed by atoms with Crippen molar-refractivity contribution in [1.29, 1.82) is 0 Å². The summed E-state index contributed by atoms with van der Waals surface area (Å²) in [6.07, 6.45) is 1.38. The number of carbonyl (C=O) groups is 1. The summed E-state index contributed by atoms with van der Waals surface area (Å²) in [7, 11) is 0. The largest absolute Gasteiger partial charge is 0.291 e. The molecule has 1 amide bonds. The van der Waals surface area contributed by atoms with Gasteiger partial charge in [-0.05, 0) is 35.9 Å². The van der Waals surface area contributed by atoms with Gasteiger partial charge in [-0.3, -0.25) is 20.0 Å². The molecular formula is C15H10ClN5O3S. The first kappa shape index (κ1) is 16.8. The fraction of sp³-hybridized carbons (Fsp3) is 0. The Bertz CT molecular complexity index is 948. The maximum absolute atomic E-state index is 12.0. The molecule has 1 aromatic carbocycles. The Kier molecular flexibility index (Phi) is 4.87. The van der Waals surface area contributed by atoms with E-state index in [-0.39, 0.29) is 11.4 Å². The lowest BCUT2D eigenvalue weighted by molar-refractivity contribution is -0.384. The van der Waals surface area contributed by atoms with Gasteiger partial charge in [-0.25, -0.2) is 5.43 Å². The standard InChI is InChI=1S/C15H10ClN5O3S/c16-14-6-5-13(25-14)11-7-12(19-18-11)15(22)20-17-8-9-1-3-10(4-2-9)21(23)24/h1-8H,(H,18,19)(H,20,22)/b17-8-. The van der Waals surface area contributed by atoms with Crippen molar-refractivity contribution in [3.05, 3.63) is 68.2 Å². The van der Waals surface area contributed by atoms with Gasteiger partial charge in [0.2, 0.25) is 0 Å². The van der Waals surface area contributed by atoms with Gasteiger partial charge in [-0.2, -0.15) is 10.2 Å². The highest BCUT2D eigenvalue weighted by atomic mass is 35.5. The maximum Gasteiger partial charge on any atom is 0.291 e. The van der Waals surface area contributed by atoms with Crippen LogP contribution in [0.25, 0.3) is 10.6 Å². The third-order valence-electron chi connectivity index (χ3n) is 3.13. The average Bonchev–Trinajstić information content (AvgIpc) is 3.24. The molecular weight excluding hydrogens is 366 g/mol. The normalized spacial score (nSPS) is 10.9. The van der Waals surface area contributed by atoms with Gasteiger partial charge in [0.25, 0.3) is 11.6 Å². The summed E-state index contributed by atoms with van der Waals surface area (Å²) in [5.74, 6) is -0.483. The van der Waals surface area contributed by atoms with E-state index < -0.39 is 10.8 Å². The van der Waals surface area contributed by atoms with E-state index in [9.17, 15) is 14.9 Å². The minimum atomic E-state index is -0.487. The number of aromatic amines is 1. The average molecular weight is 376 g/mol. The van der Waals surface area contributed by atoms with Crippen molar-refractivity contribution >= 4 is 40.7 Å². The Balaban J connectivity index is 1.62. The van der Waals surface area contributed by atoms with Crippen LogP contribution in [-0.2, 0) is 0 Å². The summed E-state index contributed by atoms with van der Waals surface area (Å²) >= 11 is 7.25. The van der Waals surface area contributed by atoms with Gasteiger partial charge in [0, 0.05) is 12.1 Å². The molecule has 0 saturated carbocycles. The molecule has 0 saturated heterocycles. The molecule has 0 fully saturated rings. The summed E-state index contributed by atoms with van der Waals surface area (Å²) in [5.41, 5.74) is 3.81. The molecule has 8 nitrogen and oxygen atoms in total. The molecule has 0 aliphatic carbocycles. The lowest BCUT2D eigenvalue weighted by Gasteiger charge is -1.95. The van der Waals surface area contributed by atoms with Crippen molar-refractivity contribution < 1.29 is 9.72 Å². The van der Waals surface area contributed by atoms with Crippen LogP contribution in [0.5, 0.6) is 0 Å². The number of hydrogen-bond acceptors (Lipinski definition) is 6. The number of nitro groups is 1. The summed E-state index contributed by atoms with van der Waals surface area (Å²) in [5, 5.41) is 21.1. The SMILES string of the molecule is O=C(N/N=C\c1ccc([N+](=O)[O-])cc1)c1cc(-c2ccc(Cl)s2)[nH]n1. The van der Waals surface area contributed by atoms with E-state index in [2.05, 4.69) is 20.7 Å². The van der Waals surface area contributed by atoms with Crippen molar-refractivity contribution in [1.82, 2.24) is 15.6 Å². The Hall–Kier alpha value is -3.04. The quantitative estimate of drug-likeness (QED) is 0.403. The van der Waals surface area contributed by atoms with Crippen molar-refractivity contribution in [2.75, 3.05) is 0 Å². The molecule has 2 aromatic heterocycles. The highest BCUT2D eigenvalue weighted by Gasteiger charge is 2.12. The number of H-pyrrole nitrogens is 1. The van der Waals surface area contributed by atoms with Crippen LogP contribution in [0.4, 0.5) is 5.69 Å². The number of rotatable bonds is 5. The molecule has 3 rings (SSSR count). The molecule has 0 aliphatic heterocycles. The molecule has 0 aliphatic rings. The second-order valence-electron chi connectivity index (χ2n) is 4.82. The second-order valence-corrected chi connectivity index (χ2v) is 6.53. The van der Waals surface area contributed by atoms with Gasteiger partial charge in [-0.15, -0.1) is 11.3 Å². The van der Waals surface area contributed by atoms with Crippen LogP contribution < -0.4 is 5.43 Å². The number of benzene rings is 1. The number of nitro benzene ring substituents is 1. The summed E-state index contributed by atoms with van der Waals surface area (Å²) in [6, 6.07) is 11.0. The molecule has 0 bridgehead atoms. The van der Waals surface area contributed by atoms with Crippen molar-refractivity contribution in [2.45, 2.75) is 0 Å². The monoisotopic (exact) mass is 375 g/mol. The van der Waals surface area contributed by atoms with Crippen LogP contribution in [0, 0.1) is 10.1 Å². The fourth-order valence-corrected chi connectivity index (χ4v) is 2.94. The number of nitrogens with one attached hydrogen (secondary N) is 2. The molecule has 2 N–H and O–H groups in total. The Morgan fingerprint density at radius 2 is 2.08 bits per heavy atom. The van der Waals surface area contributed by atoms with Crippen molar-refractivity contribution in [3.63, 3.8) is 0 Å². The van der Waals surface area contributed by atoms with Crippen LogP contribution in [0.3, 0.4) is 0 Å². The van der Waals surface area contributed by atoms with Crippen LogP contribution in [-0.4, -0.2) is 27.2 Å². The third kappa shape index (κ3) is 4.08. The zero-order chi connectivity index (χ0) is 17.8. The number of hydrazone groups is 1. The number of hydrogen-bond donors (Lipinski definition) is 2. The Morgan fingerprint density at radius 1 is 1.32 bits per heavy atom. The number of carbonyl (C=O) groups excluding carboxylic acids is 1. The predicted octanol–water partition coefficient (Wildman–Crippen LogP) is 3.46. The van der Waals surface area contributed by atoms with E-state index in [1.165, 1.54) is 41.8 Å². The molecule has 0 atom stereocenters. The van der Waals surface area contributed by atoms with Crippen LogP contribution >= 0.6 is 22.9 Å². The number of halogens is 1. The molecule has 126 valence electrons. The van der Waals surface area contributed by atoms with E-state index >= 15 is 0 Å². The minimum Gasteiger partial charge on any atom is -0.276 e. The summed E-state index contributed by atoms with van der Waals surface area (Å²) < 4.78 is 0.642. The zero-order valence-corrected chi connectivity index (χ0v) is 14.0. The number of nitrogens with zero attached hydrogens (tertiary/aromatic N) is 3. The first-order valence-corrected chi connectivity index (χ1v) is 8.11. The highest BCUT2D eigenvalue weighted by Crippen LogP contribution is 2.29. The van der Waals surface area contributed by atoms with E-state index in [4.69, 9.17) is 11.6 Å². The first-order valence-electron chi connectivity index (χ1n) is 6.92.